The molecule has 0 spiro atoms. The largest absolute Gasteiger partial charge is 0.373 e. The van der Waals surface area contributed by atoms with E-state index in [1.54, 1.807) is 0 Å². The Morgan fingerprint density at radius 2 is 2.10 bits per heavy atom. The fourth-order valence-electron chi connectivity index (χ4n) is 2.70. The molecule has 1 aliphatic carbocycles. The van der Waals surface area contributed by atoms with Crippen LogP contribution >= 0.6 is 0 Å². The summed E-state index contributed by atoms with van der Waals surface area (Å²) >= 11 is 0. The third-order valence-corrected chi connectivity index (χ3v) is 3.93. The summed E-state index contributed by atoms with van der Waals surface area (Å²) in [7, 11) is 0. The van der Waals surface area contributed by atoms with Crippen LogP contribution in [0, 0.1) is 11.7 Å². The molecule has 1 fully saturated rings. The Morgan fingerprint density at radius 1 is 1.35 bits per heavy atom. The maximum atomic E-state index is 13.7. The van der Waals surface area contributed by atoms with E-state index in [2.05, 4.69) is 0 Å². The molecule has 0 aromatic heterocycles. The molecule has 0 saturated heterocycles. The van der Waals surface area contributed by atoms with Crippen molar-refractivity contribution in [1.82, 2.24) is 0 Å². The van der Waals surface area contributed by atoms with Crippen molar-refractivity contribution in [3.63, 3.8) is 0 Å². The molecule has 2 unspecified atom stereocenters. The first-order valence-electron chi connectivity index (χ1n) is 7.01. The number of benzene rings is 1. The van der Waals surface area contributed by atoms with E-state index in [-0.39, 0.29) is 18.5 Å². The number of ether oxygens (including phenoxy) is 1. The highest BCUT2D eigenvalue weighted by atomic mass is 19.1. The molecule has 1 aliphatic rings. The van der Waals surface area contributed by atoms with Crippen LogP contribution in [-0.4, -0.2) is 18.6 Å². The van der Waals surface area contributed by atoms with E-state index in [9.17, 15) is 9.18 Å². The average Bonchev–Trinajstić information content (AvgIpc) is 2.46. The van der Waals surface area contributed by atoms with Crippen LogP contribution in [0.4, 0.5) is 4.39 Å². The molecule has 2 atom stereocenters. The van der Waals surface area contributed by atoms with Gasteiger partial charge in [0.2, 0.25) is 5.91 Å². The molecule has 1 aromatic carbocycles. The monoisotopic (exact) mass is 280 g/mol. The molecule has 1 amide bonds. The quantitative estimate of drug-likeness (QED) is 0.865. The van der Waals surface area contributed by atoms with E-state index >= 15 is 0 Å². The van der Waals surface area contributed by atoms with Gasteiger partial charge in [-0.1, -0.05) is 12.8 Å². The molecule has 5 heteroatoms. The van der Waals surface area contributed by atoms with E-state index < -0.39 is 5.91 Å². The summed E-state index contributed by atoms with van der Waals surface area (Å²) in [5.74, 6) is -0.606. The van der Waals surface area contributed by atoms with Crippen LogP contribution in [0.15, 0.2) is 18.2 Å². The molecule has 1 aromatic rings. The third-order valence-electron chi connectivity index (χ3n) is 3.93. The first-order chi connectivity index (χ1) is 9.61. The van der Waals surface area contributed by atoms with Gasteiger partial charge in [-0.3, -0.25) is 4.79 Å². The Labute approximate surface area is 118 Å². The van der Waals surface area contributed by atoms with Gasteiger partial charge in [0.05, 0.1) is 12.7 Å². The lowest BCUT2D eigenvalue weighted by Gasteiger charge is -2.30. The van der Waals surface area contributed by atoms with E-state index in [1.165, 1.54) is 24.6 Å². The lowest BCUT2D eigenvalue weighted by atomic mass is 9.86. The highest BCUT2D eigenvalue weighted by Crippen LogP contribution is 2.27. The Kier molecular flexibility index (Phi) is 5.09. The summed E-state index contributed by atoms with van der Waals surface area (Å²) in [5.41, 5.74) is 11.6. The number of hydrogen-bond acceptors (Lipinski definition) is 3. The maximum absolute atomic E-state index is 13.7. The Morgan fingerprint density at radius 3 is 2.80 bits per heavy atom. The molecule has 0 aliphatic heterocycles. The van der Waals surface area contributed by atoms with Gasteiger partial charge in [0.25, 0.3) is 0 Å². The molecule has 20 heavy (non-hydrogen) atoms. The molecular formula is C15H21FN2O2. The zero-order valence-electron chi connectivity index (χ0n) is 11.5. The van der Waals surface area contributed by atoms with Gasteiger partial charge in [-0.25, -0.2) is 4.39 Å². The van der Waals surface area contributed by atoms with Gasteiger partial charge in [-0.15, -0.1) is 0 Å². The first-order valence-corrected chi connectivity index (χ1v) is 7.01. The van der Waals surface area contributed by atoms with Gasteiger partial charge in [-0.05, 0) is 43.5 Å². The van der Waals surface area contributed by atoms with Crippen molar-refractivity contribution in [2.45, 2.75) is 38.4 Å². The fourth-order valence-corrected chi connectivity index (χ4v) is 2.70. The minimum Gasteiger partial charge on any atom is -0.373 e. The van der Waals surface area contributed by atoms with Gasteiger partial charge in [-0.2, -0.15) is 0 Å². The smallest absolute Gasteiger partial charge is 0.248 e. The summed E-state index contributed by atoms with van der Waals surface area (Å²) < 4.78 is 19.5. The summed E-state index contributed by atoms with van der Waals surface area (Å²) in [6.45, 7) is 0.739. The zero-order valence-corrected chi connectivity index (χ0v) is 11.5. The summed E-state index contributed by atoms with van der Waals surface area (Å²) in [6.07, 6.45) is 4.38. The van der Waals surface area contributed by atoms with Crippen molar-refractivity contribution >= 4 is 5.91 Å². The summed E-state index contributed by atoms with van der Waals surface area (Å²) in [6, 6.07) is 4.09. The first kappa shape index (κ1) is 14.9. The Hall–Kier alpha value is -1.46. The predicted molar refractivity (Wildman–Crippen MR) is 74.5 cm³/mol. The topological polar surface area (TPSA) is 78.3 Å². The number of amides is 1. The molecule has 110 valence electrons. The van der Waals surface area contributed by atoms with E-state index in [0.717, 1.165) is 19.3 Å². The molecule has 4 nitrogen and oxygen atoms in total. The normalized spacial score (nSPS) is 22.7. The lowest BCUT2D eigenvalue weighted by molar-refractivity contribution is -0.0193. The SMILES string of the molecule is NCC1CCCCC1OCc1cc(C(N)=O)ccc1F. The summed E-state index contributed by atoms with van der Waals surface area (Å²) in [5, 5.41) is 0. The van der Waals surface area contributed by atoms with Gasteiger partial charge in [0.15, 0.2) is 0 Å². The zero-order chi connectivity index (χ0) is 14.5. The van der Waals surface area contributed by atoms with Crippen molar-refractivity contribution < 1.29 is 13.9 Å². The van der Waals surface area contributed by atoms with Crippen LogP contribution in [-0.2, 0) is 11.3 Å². The van der Waals surface area contributed by atoms with Crippen molar-refractivity contribution in [2.24, 2.45) is 17.4 Å². The molecule has 0 radical (unpaired) electrons. The maximum Gasteiger partial charge on any atom is 0.248 e. The molecule has 0 heterocycles. The lowest BCUT2D eigenvalue weighted by Crippen LogP contribution is -2.33. The standard InChI is InChI=1S/C15H21FN2O2/c16-13-6-5-10(15(18)19)7-12(13)9-20-14-4-2-1-3-11(14)8-17/h5-7,11,14H,1-4,8-9,17H2,(H2,18,19). The molecule has 1 saturated carbocycles. The minimum absolute atomic E-state index is 0.0744. The van der Waals surface area contributed by atoms with Crippen LogP contribution in [0.2, 0.25) is 0 Å². The van der Waals surface area contributed by atoms with Crippen molar-refractivity contribution in [1.29, 1.82) is 0 Å². The van der Waals surface area contributed by atoms with Crippen LogP contribution in [0.1, 0.15) is 41.6 Å². The molecule has 4 N–H and O–H groups in total. The number of primary amides is 1. The highest BCUT2D eigenvalue weighted by Gasteiger charge is 2.24. The average molecular weight is 280 g/mol. The number of rotatable bonds is 5. The van der Waals surface area contributed by atoms with E-state index in [4.69, 9.17) is 16.2 Å². The van der Waals surface area contributed by atoms with Crippen LogP contribution < -0.4 is 11.5 Å². The second-order valence-electron chi connectivity index (χ2n) is 5.30. The van der Waals surface area contributed by atoms with Crippen LogP contribution in [0.25, 0.3) is 0 Å². The van der Waals surface area contributed by atoms with E-state index in [0.29, 0.717) is 23.6 Å². The van der Waals surface area contributed by atoms with Crippen LogP contribution in [0.3, 0.4) is 0 Å². The third kappa shape index (κ3) is 3.55. The van der Waals surface area contributed by atoms with Gasteiger partial charge in [0, 0.05) is 11.1 Å². The Balaban J connectivity index is 2.02. The second-order valence-corrected chi connectivity index (χ2v) is 5.30. The highest BCUT2D eigenvalue weighted by molar-refractivity contribution is 5.92. The summed E-state index contributed by atoms with van der Waals surface area (Å²) in [4.78, 5) is 11.1. The van der Waals surface area contributed by atoms with Gasteiger partial charge < -0.3 is 16.2 Å². The van der Waals surface area contributed by atoms with Gasteiger partial charge >= 0.3 is 0 Å². The fraction of sp³-hybridized carbons (Fsp3) is 0.533. The second kappa shape index (κ2) is 6.81. The molecule has 0 bridgehead atoms. The number of halogens is 1. The van der Waals surface area contributed by atoms with Crippen molar-refractivity contribution in [3.8, 4) is 0 Å². The Bertz CT molecular complexity index is 479. The number of carbonyl (C=O) groups is 1. The predicted octanol–water partition coefficient (Wildman–Crippen LogP) is 1.96. The molecular weight excluding hydrogens is 259 g/mol. The number of nitrogens with two attached hydrogens (primary N) is 2. The van der Waals surface area contributed by atoms with Crippen LogP contribution in [0.5, 0.6) is 0 Å². The minimum atomic E-state index is -0.566. The number of carbonyl (C=O) groups excluding carboxylic acids is 1. The van der Waals surface area contributed by atoms with Crippen molar-refractivity contribution in [2.75, 3.05) is 6.54 Å². The molecule has 2 rings (SSSR count). The van der Waals surface area contributed by atoms with E-state index in [1.807, 2.05) is 0 Å². The number of hydrogen-bond donors (Lipinski definition) is 2. The van der Waals surface area contributed by atoms with Crippen molar-refractivity contribution in [3.05, 3.63) is 35.1 Å². The van der Waals surface area contributed by atoms with Gasteiger partial charge in [0.1, 0.15) is 5.82 Å².